The Morgan fingerprint density at radius 3 is 2.08 bits per heavy atom. The molecular weight excluding hydrogens is 326 g/mol. The van der Waals surface area contributed by atoms with Gasteiger partial charge < -0.3 is 16.4 Å². The van der Waals surface area contributed by atoms with E-state index in [-0.39, 0.29) is 23.3 Å². The van der Waals surface area contributed by atoms with Crippen LogP contribution in [-0.2, 0) is 0 Å². The Hall–Kier alpha value is -1.88. The van der Waals surface area contributed by atoms with Crippen LogP contribution in [0, 0.1) is 11.3 Å². The van der Waals surface area contributed by atoms with E-state index in [9.17, 15) is 9.59 Å². The van der Waals surface area contributed by atoms with Crippen molar-refractivity contribution in [3.05, 3.63) is 35.4 Å². The van der Waals surface area contributed by atoms with Gasteiger partial charge in [0.15, 0.2) is 0 Å². The Labute approximate surface area is 157 Å². The maximum absolute atomic E-state index is 12.5. The monoisotopic (exact) mass is 359 g/mol. The number of carbonyl (C=O) groups excluding carboxylic acids is 2. The Bertz CT molecular complexity index is 599. The molecule has 0 spiro atoms. The minimum Gasteiger partial charge on any atom is -0.352 e. The molecule has 0 heterocycles. The number of amides is 2. The standard InChI is InChI=1S/C21H33N3O2/c1-21(2,3)14-23-19(25)16-9-11-17(12-10-16)20(26)24-18(13-22)15-7-5-4-6-8-15/h9-12,15,18H,4-8,13-14,22H2,1-3H3,(H,23,25)(H,24,26). The molecule has 0 bridgehead atoms. The van der Waals surface area contributed by atoms with Crippen molar-refractivity contribution < 1.29 is 9.59 Å². The lowest BCUT2D eigenvalue weighted by molar-refractivity contribution is 0.0911. The van der Waals surface area contributed by atoms with Crippen molar-refractivity contribution in [3.8, 4) is 0 Å². The Morgan fingerprint density at radius 1 is 1.04 bits per heavy atom. The van der Waals surface area contributed by atoms with Gasteiger partial charge in [-0.05, 0) is 48.4 Å². The molecule has 26 heavy (non-hydrogen) atoms. The van der Waals surface area contributed by atoms with Crippen LogP contribution in [0.5, 0.6) is 0 Å². The summed E-state index contributed by atoms with van der Waals surface area (Å²) in [4.78, 5) is 24.7. The average molecular weight is 360 g/mol. The highest BCUT2D eigenvalue weighted by molar-refractivity contribution is 5.97. The van der Waals surface area contributed by atoms with E-state index in [1.807, 2.05) is 0 Å². The highest BCUT2D eigenvalue weighted by Crippen LogP contribution is 2.26. The molecular formula is C21H33N3O2. The third kappa shape index (κ3) is 6.13. The first-order chi connectivity index (χ1) is 12.3. The fourth-order valence-electron chi connectivity index (χ4n) is 3.38. The summed E-state index contributed by atoms with van der Waals surface area (Å²) in [6, 6.07) is 6.83. The van der Waals surface area contributed by atoms with Crippen LogP contribution in [0.2, 0.25) is 0 Å². The lowest BCUT2D eigenvalue weighted by Crippen LogP contribution is -2.45. The summed E-state index contributed by atoms with van der Waals surface area (Å²) in [5.74, 6) is 0.238. The van der Waals surface area contributed by atoms with Crippen molar-refractivity contribution in [1.82, 2.24) is 10.6 Å². The molecule has 5 nitrogen and oxygen atoms in total. The zero-order chi connectivity index (χ0) is 19.2. The largest absolute Gasteiger partial charge is 0.352 e. The van der Waals surface area contributed by atoms with Gasteiger partial charge in [-0.3, -0.25) is 9.59 Å². The smallest absolute Gasteiger partial charge is 0.251 e. The summed E-state index contributed by atoms with van der Waals surface area (Å²) in [5, 5.41) is 6.00. The predicted octanol–water partition coefficient (Wildman–Crippen LogP) is 3.10. The Morgan fingerprint density at radius 2 is 1.58 bits per heavy atom. The molecule has 0 aliphatic heterocycles. The summed E-state index contributed by atoms with van der Waals surface area (Å²) in [6.07, 6.45) is 5.98. The van der Waals surface area contributed by atoms with Gasteiger partial charge in [0, 0.05) is 30.3 Å². The third-order valence-electron chi connectivity index (χ3n) is 4.98. The van der Waals surface area contributed by atoms with Crippen LogP contribution in [0.4, 0.5) is 0 Å². The van der Waals surface area contributed by atoms with Crippen LogP contribution in [0.15, 0.2) is 24.3 Å². The van der Waals surface area contributed by atoms with E-state index < -0.39 is 0 Å². The lowest BCUT2D eigenvalue weighted by Gasteiger charge is -2.30. The number of carbonyl (C=O) groups is 2. The minimum absolute atomic E-state index is 0.0255. The minimum atomic E-state index is -0.118. The van der Waals surface area contributed by atoms with E-state index in [0.29, 0.717) is 30.1 Å². The van der Waals surface area contributed by atoms with E-state index in [4.69, 9.17) is 5.73 Å². The Kier molecular flexibility index (Phi) is 7.21. The quantitative estimate of drug-likeness (QED) is 0.730. The van der Waals surface area contributed by atoms with Crippen LogP contribution >= 0.6 is 0 Å². The topological polar surface area (TPSA) is 84.2 Å². The fraction of sp³-hybridized carbons (Fsp3) is 0.619. The van der Waals surface area contributed by atoms with Gasteiger partial charge in [-0.2, -0.15) is 0 Å². The molecule has 1 aliphatic rings. The zero-order valence-corrected chi connectivity index (χ0v) is 16.3. The summed E-state index contributed by atoms with van der Waals surface area (Å²) in [6.45, 7) is 7.28. The van der Waals surface area contributed by atoms with Gasteiger partial charge in [-0.25, -0.2) is 0 Å². The fourth-order valence-corrected chi connectivity index (χ4v) is 3.38. The number of hydrogen-bond donors (Lipinski definition) is 3. The number of nitrogens with one attached hydrogen (secondary N) is 2. The summed E-state index contributed by atoms with van der Waals surface area (Å²) in [5.41, 5.74) is 7.05. The van der Waals surface area contributed by atoms with Crippen LogP contribution < -0.4 is 16.4 Å². The summed E-state index contributed by atoms with van der Waals surface area (Å²) >= 11 is 0. The molecule has 1 fully saturated rings. The number of hydrogen-bond acceptors (Lipinski definition) is 3. The van der Waals surface area contributed by atoms with Crippen LogP contribution in [-0.4, -0.2) is 30.9 Å². The van der Waals surface area contributed by atoms with Gasteiger partial charge in [0.25, 0.3) is 11.8 Å². The molecule has 1 unspecified atom stereocenters. The molecule has 2 rings (SSSR count). The molecule has 1 saturated carbocycles. The van der Waals surface area contributed by atoms with Gasteiger partial charge in [-0.1, -0.05) is 40.0 Å². The van der Waals surface area contributed by atoms with E-state index in [1.54, 1.807) is 24.3 Å². The highest BCUT2D eigenvalue weighted by atomic mass is 16.2. The summed E-state index contributed by atoms with van der Waals surface area (Å²) < 4.78 is 0. The highest BCUT2D eigenvalue weighted by Gasteiger charge is 2.24. The molecule has 5 heteroatoms. The van der Waals surface area contributed by atoms with E-state index in [0.717, 1.165) is 12.8 Å². The first kappa shape index (κ1) is 20.4. The van der Waals surface area contributed by atoms with E-state index >= 15 is 0 Å². The van der Waals surface area contributed by atoms with Gasteiger partial charge in [0.05, 0.1) is 0 Å². The maximum atomic E-state index is 12.5. The van der Waals surface area contributed by atoms with Crippen LogP contribution in [0.3, 0.4) is 0 Å². The second-order valence-electron chi connectivity index (χ2n) is 8.53. The van der Waals surface area contributed by atoms with Gasteiger partial charge >= 0.3 is 0 Å². The van der Waals surface area contributed by atoms with Crippen LogP contribution in [0.25, 0.3) is 0 Å². The molecule has 144 valence electrons. The van der Waals surface area contributed by atoms with Crippen molar-refractivity contribution in [2.45, 2.75) is 58.9 Å². The van der Waals surface area contributed by atoms with E-state index in [2.05, 4.69) is 31.4 Å². The molecule has 1 aromatic rings. The predicted molar refractivity (Wildman–Crippen MR) is 105 cm³/mol. The SMILES string of the molecule is CC(C)(C)CNC(=O)c1ccc(C(=O)NC(CN)C2CCCCC2)cc1. The van der Waals surface area contributed by atoms with Crippen molar-refractivity contribution in [3.63, 3.8) is 0 Å². The van der Waals surface area contributed by atoms with Crippen molar-refractivity contribution in [2.75, 3.05) is 13.1 Å². The first-order valence-corrected chi connectivity index (χ1v) is 9.69. The normalized spacial score (nSPS) is 16.8. The maximum Gasteiger partial charge on any atom is 0.251 e. The molecule has 2 amide bonds. The number of nitrogens with two attached hydrogens (primary N) is 1. The van der Waals surface area contributed by atoms with Crippen molar-refractivity contribution in [2.24, 2.45) is 17.1 Å². The van der Waals surface area contributed by atoms with Crippen molar-refractivity contribution >= 4 is 11.8 Å². The van der Waals surface area contributed by atoms with Gasteiger partial charge in [0.1, 0.15) is 0 Å². The molecule has 1 aromatic carbocycles. The zero-order valence-electron chi connectivity index (χ0n) is 16.3. The molecule has 1 atom stereocenters. The average Bonchev–Trinajstić information content (AvgIpc) is 2.64. The van der Waals surface area contributed by atoms with E-state index in [1.165, 1.54) is 19.3 Å². The molecule has 0 radical (unpaired) electrons. The Balaban J connectivity index is 1.93. The molecule has 0 aromatic heterocycles. The van der Waals surface area contributed by atoms with Crippen LogP contribution in [0.1, 0.15) is 73.6 Å². The van der Waals surface area contributed by atoms with Crippen molar-refractivity contribution in [1.29, 1.82) is 0 Å². The molecule has 1 aliphatic carbocycles. The molecule has 4 N–H and O–H groups in total. The third-order valence-corrected chi connectivity index (χ3v) is 4.98. The second kappa shape index (κ2) is 9.17. The van der Waals surface area contributed by atoms with Gasteiger partial charge in [0.2, 0.25) is 0 Å². The first-order valence-electron chi connectivity index (χ1n) is 9.69. The molecule has 0 saturated heterocycles. The summed E-state index contributed by atoms with van der Waals surface area (Å²) in [7, 11) is 0. The lowest BCUT2D eigenvalue weighted by atomic mass is 9.84. The number of benzene rings is 1. The second-order valence-corrected chi connectivity index (χ2v) is 8.53. The van der Waals surface area contributed by atoms with Gasteiger partial charge in [-0.15, -0.1) is 0 Å². The number of rotatable bonds is 6.